The summed E-state index contributed by atoms with van der Waals surface area (Å²) in [6, 6.07) is 3.90. The molecule has 0 saturated carbocycles. The zero-order valence-electron chi connectivity index (χ0n) is 34.7. The molecule has 6 atom stereocenters. The molecule has 1 saturated heterocycles. The van der Waals surface area contributed by atoms with Crippen molar-refractivity contribution in [1.82, 2.24) is 35.7 Å². The van der Waals surface area contributed by atoms with E-state index in [1.807, 2.05) is 36.6 Å². The molecule has 1 aliphatic rings. The van der Waals surface area contributed by atoms with Gasteiger partial charge in [-0.1, -0.05) is 76.8 Å². The summed E-state index contributed by atoms with van der Waals surface area (Å²) in [6.07, 6.45) is 11.1. The van der Waals surface area contributed by atoms with E-state index in [0.29, 0.717) is 31.6 Å². The number of nitrogens with zero attached hydrogens (tertiary/aromatic N) is 3. The number of carboxylic acid groups (broad SMARTS) is 2. The molecule has 2 heterocycles. The average molecular weight is 826 g/mol. The van der Waals surface area contributed by atoms with Crippen LogP contribution < -0.4 is 21.3 Å². The van der Waals surface area contributed by atoms with Crippen molar-refractivity contribution < 1.29 is 48.9 Å². The lowest BCUT2D eigenvalue weighted by Gasteiger charge is -2.28. The molecule has 5 amide bonds. The number of benzene rings is 1. The highest BCUT2D eigenvalue weighted by molar-refractivity contribution is 5.96. The van der Waals surface area contributed by atoms with Gasteiger partial charge in [0.1, 0.15) is 30.2 Å². The Labute approximate surface area is 346 Å². The van der Waals surface area contributed by atoms with Crippen LogP contribution in [0.2, 0.25) is 0 Å². The maximum Gasteiger partial charge on any atom is 0.326 e. The topological polar surface area (TPSA) is 249 Å². The van der Waals surface area contributed by atoms with Gasteiger partial charge in [0.05, 0.1) is 19.4 Å². The summed E-state index contributed by atoms with van der Waals surface area (Å²) in [6.45, 7) is 6.51. The van der Waals surface area contributed by atoms with Crippen LogP contribution in [0.25, 0.3) is 0 Å². The predicted molar refractivity (Wildman–Crippen MR) is 218 cm³/mol. The second-order valence-electron chi connectivity index (χ2n) is 15.9. The van der Waals surface area contributed by atoms with E-state index in [2.05, 4.69) is 38.4 Å². The Morgan fingerprint density at radius 3 is 2.07 bits per heavy atom. The van der Waals surface area contributed by atoms with Crippen molar-refractivity contribution in [3.63, 3.8) is 0 Å². The number of aliphatic hydroxyl groups is 1. The lowest BCUT2D eigenvalue weighted by atomic mass is 9.98. The minimum absolute atomic E-state index is 0.0655. The van der Waals surface area contributed by atoms with Crippen LogP contribution in [0.3, 0.4) is 0 Å². The molecule has 0 unspecified atom stereocenters. The smallest absolute Gasteiger partial charge is 0.326 e. The molecule has 326 valence electrons. The van der Waals surface area contributed by atoms with E-state index in [1.54, 1.807) is 12.5 Å². The Bertz CT molecular complexity index is 1700. The number of aromatic nitrogens is 2. The molecule has 2 aromatic rings. The Hall–Kier alpha value is -5.32. The molecule has 0 radical (unpaired) electrons. The van der Waals surface area contributed by atoms with E-state index in [4.69, 9.17) is 5.11 Å². The highest BCUT2D eigenvalue weighted by Crippen LogP contribution is 2.19. The normalized spacial score (nSPS) is 16.4. The van der Waals surface area contributed by atoms with Crippen molar-refractivity contribution >= 4 is 41.5 Å². The minimum Gasteiger partial charge on any atom is -0.481 e. The number of likely N-dealkylation sites (tertiary alicyclic amines) is 1. The summed E-state index contributed by atoms with van der Waals surface area (Å²) in [5, 5.41) is 39.1. The molecular formula is C42H63N7O10. The number of aliphatic carboxylic acids is 2. The molecule has 1 aromatic carbocycles. The number of aliphatic hydroxyl groups excluding tert-OH is 1. The molecule has 0 spiro atoms. The third kappa shape index (κ3) is 16.1. The summed E-state index contributed by atoms with van der Waals surface area (Å²) < 4.78 is 1.88. The second kappa shape index (κ2) is 24.6. The Morgan fingerprint density at radius 2 is 1.44 bits per heavy atom. The van der Waals surface area contributed by atoms with E-state index >= 15 is 0 Å². The summed E-state index contributed by atoms with van der Waals surface area (Å²) >= 11 is 0. The van der Waals surface area contributed by atoms with Gasteiger partial charge in [0, 0.05) is 38.3 Å². The third-order valence-electron chi connectivity index (χ3n) is 10.5. The third-order valence-corrected chi connectivity index (χ3v) is 10.5. The Kier molecular flexibility index (Phi) is 20.0. The van der Waals surface area contributed by atoms with Gasteiger partial charge in [0.25, 0.3) is 0 Å². The van der Waals surface area contributed by atoms with E-state index < -0.39 is 84.7 Å². The highest BCUT2D eigenvalue weighted by Gasteiger charge is 2.37. The molecule has 1 fully saturated rings. The quantitative estimate of drug-likeness (QED) is 0.0678. The summed E-state index contributed by atoms with van der Waals surface area (Å²) in [5.41, 5.74) is 1.93. The van der Waals surface area contributed by atoms with Crippen LogP contribution in [0.5, 0.6) is 0 Å². The van der Waals surface area contributed by atoms with Crippen molar-refractivity contribution in [3.8, 4) is 0 Å². The number of nitrogens with one attached hydrogen (secondary N) is 4. The van der Waals surface area contributed by atoms with E-state index in [9.17, 15) is 43.8 Å². The van der Waals surface area contributed by atoms with Crippen LogP contribution in [-0.4, -0.2) is 115 Å². The molecule has 1 aliphatic heterocycles. The van der Waals surface area contributed by atoms with Gasteiger partial charge in [-0.3, -0.25) is 28.8 Å². The molecule has 3 rings (SSSR count). The van der Waals surface area contributed by atoms with Crippen molar-refractivity contribution in [3.05, 3.63) is 54.1 Å². The number of carboxylic acids is 2. The fraction of sp³-hybridized carbons (Fsp3) is 0.619. The zero-order valence-corrected chi connectivity index (χ0v) is 34.7. The molecule has 17 nitrogen and oxygen atoms in total. The number of amides is 5. The first kappa shape index (κ1) is 48.1. The second-order valence-corrected chi connectivity index (χ2v) is 15.9. The van der Waals surface area contributed by atoms with Gasteiger partial charge in [0.15, 0.2) is 0 Å². The molecule has 7 N–H and O–H groups in total. The largest absolute Gasteiger partial charge is 0.481 e. The summed E-state index contributed by atoms with van der Waals surface area (Å²) in [5.74, 6) is -7.25. The summed E-state index contributed by atoms with van der Waals surface area (Å²) in [7, 11) is 0. The molecule has 17 heteroatoms. The fourth-order valence-electron chi connectivity index (χ4n) is 7.32. The maximum absolute atomic E-state index is 14.0. The van der Waals surface area contributed by atoms with Gasteiger partial charge >= 0.3 is 11.9 Å². The van der Waals surface area contributed by atoms with Gasteiger partial charge in [-0.2, -0.15) is 0 Å². The van der Waals surface area contributed by atoms with Gasteiger partial charge in [-0.05, 0) is 55.9 Å². The molecule has 0 aliphatic carbocycles. The number of aryl methyl sites for hydroxylation is 2. The number of hydrogen-bond donors (Lipinski definition) is 7. The van der Waals surface area contributed by atoms with Crippen molar-refractivity contribution in [2.24, 2.45) is 11.8 Å². The van der Waals surface area contributed by atoms with E-state index in [-0.39, 0.29) is 24.7 Å². The van der Waals surface area contributed by atoms with Gasteiger partial charge in [-0.15, -0.1) is 0 Å². The number of hydrogen-bond acceptors (Lipinski definition) is 9. The number of carbonyl (C=O) groups is 7. The van der Waals surface area contributed by atoms with E-state index in [1.165, 1.54) is 24.3 Å². The fourth-order valence-corrected chi connectivity index (χ4v) is 7.32. The Balaban J connectivity index is 1.75. The van der Waals surface area contributed by atoms with Crippen molar-refractivity contribution in [2.75, 3.05) is 13.2 Å². The monoisotopic (exact) mass is 825 g/mol. The SMILES string of the molecule is CC(=O)N1CCC[C@H]1C(=O)N[C@@H](CC(C)C)C(=O)N[C@@H](Cc1cncn1CCCCCCCCc1ccccc1)C(=O)N[C@@H](CO)C(=O)N[C@H](C(=O)O)[C@@H](C)CC(=O)O. The predicted octanol–water partition coefficient (Wildman–Crippen LogP) is 2.19. The van der Waals surface area contributed by atoms with Crippen LogP contribution >= 0.6 is 0 Å². The number of carbonyl (C=O) groups excluding carboxylic acids is 5. The first-order valence-electron chi connectivity index (χ1n) is 20.7. The van der Waals surface area contributed by atoms with E-state index in [0.717, 1.165) is 44.9 Å². The minimum atomic E-state index is -1.66. The van der Waals surface area contributed by atoms with Crippen LogP contribution in [0.15, 0.2) is 42.9 Å². The number of unbranched alkanes of at least 4 members (excludes halogenated alkanes) is 5. The van der Waals surface area contributed by atoms with Crippen LogP contribution in [0, 0.1) is 11.8 Å². The highest BCUT2D eigenvalue weighted by atomic mass is 16.4. The lowest BCUT2D eigenvalue weighted by molar-refractivity contribution is -0.145. The lowest BCUT2D eigenvalue weighted by Crippen LogP contribution is -2.60. The van der Waals surface area contributed by atoms with Crippen LogP contribution in [0.1, 0.15) is 103 Å². The van der Waals surface area contributed by atoms with Crippen molar-refractivity contribution in [2.45, 2.75) is 141 Å². The van der Waals surface area contributed by atoms with Crippen LogP contribution in [0.4, 0.5) is 0 Å². The molecule has 1 aromatic heterocycles. The van der Waals surface area contributed by atoms with Gasteiger partial charge in [0.2, 0.25) is 29.5 Å². The Morgan fingerprint density at radius 1 is 0.814 bits per heavy atom. The average Bonchev–Trinajstić information content (AvgIpc) is 3.86. The number of imidazole rings is 1. The van der Waals surface area contributed by atoms with Gasteiger partial charge in [-0.25, -0.2) is 9.78 Å². The molecule has 0 bridgehead atoms. The van der Waals surface area contributed by atoms with Crippen LogP contribution in [-0.2, 0) is 52.9 Å². The standard InChI is InChI=1S/C42H63N7O10/c1-27(2)21-32(45-41(57)35-18-14-20-49(35)29(4)51)38(54)44-33(39(55)46-34(25-50)40(56)47-37(42(58)59)28(3)22-36(52)53)23-31-24-43-26-48(31)19-13-8-6-5-7-10-15-30-16-11-9-12-17-30/h9,11-12,16-17,24,26-28,32-35,37,50H,5-8,10,13-15,18-23,25H2,1-4H3,(H,44,54)(H,45,57)(H,46,55)(H,47,56)(H,52,53)(H,58,59)/t28-,32-,33-,34-,35-,37-/m0/s1. The first-order chi connectivity index (χ1) is 28.1. The first-order valence-corrected chi connectivity index (χ1v) is 20.7. The zero-order chi connectivity index (χ0) is 43.5. The molecular weight excluding hydrogens is 763 g/mol. The number of rotatable bonds is 26. The van der Waals surface area contributed by atoms with Gasteiger partial charge < -0.3 is 46.1 Å². The van der Waals surface area contributed by atoms with Crippen molar-refractivity contribution in [1.29, 1.82) is 0 Å². The maximum atomic E-state index is 14.0. The molecule has 59 heavy (non-hydrogen) atoms. The summed E-state index contributed by atoms with van der Waals surface area (Å²) in [4.78, 5) is 95.7.